The fourth-order valence-electron chi connectivity index (χ4n) is 1.45. The Hall–Kier alpha value is -1.93. The predicted molar refractivity (Wildman–Crippen MR) is 64.1 cm³/mol. The van der Waals surface area contributed by atoms with Crippen LogP contribution in [0.5, 0.6) is 0 Å². The van der Waals surface area contributed by atoms with Gasteiger partial charge < -0.3 is 10.1 Å². The Morgan fingerprint density at radius 1 is 1.56 bits per heavy atom. The van der Waals surface area contributed by atoms with Crippen molar-refractivity contribution in [3.63, 3.8) is 0 Å². The van der Waals surface area contributed by atoms with Crippen molar-refractivity contribution < 1.29 is 13.9 Å². The lowest BCUT2D eigenvalue weighted by atomic mass is 10.1. The number of carbonyl (C=O) groups is 1. The van der Waals surface area contributed by atoms with Crippen LogP contribution in [0.4, 0.5) is 4.39 Å². The molecule has 96 valence electrons. The van der Waals surface area contributed by atoms with Crippen LogP contribution in [0.2, 0.25) is 0 Å². The first-order valence-electron chi connectivity index (χ1n) is 5.72. The van der Waals surface area contributed by atoms with E-state index in [0.29, 0.717) is 18.7 Å². The minimum absolute atomic E-state index is 0.0275. The summed E-state index contributed by atoms with van der Waals surface area (Å²) in [6.45, 7) is 2.79. The number of benzene rings is 1. The summed E-state index contributed by atoms with van der Waals surface area (Å²) in [6, 6.07) is 6.45. The molecule has 0 aliphatic heterocycles. The van der Waals surface area contributed by atoms with E-state index >= 15 is 0 Å². The molecule has 0 fully saturated rings. The van der Waals surface area contributed by atoms with E-state index < -0.39 is 5.82 Å². The quantitative estimate of drug-likeness (QED) is 0.617. The van der Waals surface area contributed by atoms with E-state index in [1.807, 2.05) is 0 Å². The molecule has 5 heteroatoms. The molecule has 0 aliphatic rings. The second-order valence-electron chi connectivity index (χ2n) is 3.62. The summed E-state index contributed by atoms with van der Waals surface area (Å²) >= 11 is 0. The summed E-state index contributed by atoms with van der Waals surface area (Å²) in [5.41, 5.74) is 0.442. The number of esters is 1. The summed E-state index contributed by atoms with van der Waals surface area (Å²) in [5.74, 6) is -0.792. The second kappa shape index (κ2) is 7.41. The average Bonchev–Trinajstić information content (AvgIpc) is 2.36. The molecule has 0 saturated heterocycles. The summed E-state index contributed by atoms with van der Waals surface area (Å²) in [7, 11) is 0. The fraction of sp³-hybridized carbons (Fsp3) is 0.385. The summed E-state index contributed by atoms with van der Waals surface area (Å²) < 4.78 is 18.4. The molecule has 0 aromatic heterocycles. The molecule has 0 heterocycles. The van der Waals surface area contributed by atoms with Crippen molar-refractivity contribution in [2.45, 2.75) is 19.9 Å². The molecular weight excluding hydrogens is 235 g/mol. The molecule has 0 spiro atoms. The first-order valence-corrected chi connectivity index (χ1v) is 5.72. The summed E-state index contributed by atoms with van der Waals surface area (Å²) in [6.07, 6.45) is 0.243. The molecule has 1 aromatic carbocycles. The van der Waals surface area contributed by atoms with Crippen LogP contribution in [0.25, 0.3) is 0 Å². The van der Waals surface area contributed by atoms with Crippen LogP contribution in [0, 0.1) is 17.1 Å². The lowest BCUT2D eigenvalue weighted by Crippen LogP contribution is -2.19. The third-order valence-electron chi connectivity index (χ3n) is 2.33. The van der Waals surface area contributed by atoms with Gasteiger partial charge in [-0.05, 0) is 13.0 Å². The van der Waals surface area contributed by atoms with Crippen LogP contribution in [0.15, 0.2) is 18.2 Å². The van der Waals surface area contributed by atoms with Crippen molar-refractivity contribution in [3.05, 3.63) is 35.1 Å². The zero-order valence-electron chi connectivity index (χ0n) is 10.2. The molecule has 18 heavy (non-hydrogen) atoms. The van der Waals surface area contributed by atoms with E-state index in [-0.39, 0.29) is 24.5 Å². The standard InChI is InChI=1S/C13H15FN2O2/c1-2-18-12(17)6-7-16-9-11-5-3-4-10(8-15)13(11)14/h3-5,16H,2,6-7,9H2,1H3. The van der Waals surface area contributed by atoms with Crippen molar-refractivity contribution in [3.8, 4) is 6.07 Å². The van der Waals surface area contributed by atoms with Gasteiger partial charge >= 0.3 is 5.97 Å². The van der Waals surface area contributed by atoms with Crippen LogP contribution in [-0.2, 0) is 16.1 Å². The van der Waals surface area contributed by atoms with Crippen LogP contribution >= 0.6 is 0 Å². The zero-order chi connectivity index (χ0) is 13.4. The van der Waals surface area contributed by atoms with Gasteiger partial charge in [-0.2, -0.15) is 5.26 Å². The van der Waals surface area contributed by atoms with Gasteiger partial charge in [-0.3, -0.25) is 4.79 Å². The highest BCUT2D eigenvalue weighted by molar-refractivity contribution is 5.69. The highest BCUT2D eigenvalue weighted by atomic mass is 19.1. The molecule has 0 unspecified atom stereocenters. The maximum atomic E-state index is 13.6. The van der Waals surface area contributed by atoms with E-state index in [9.17, 15) is 9.18 Å². The second-order valence-corrected chi connectivity index (χ2v) is 3.62. The molecule has 4 nitrogen and oxygen atoms in total. The van der Waals surface area contributed by atoms with Crippen LogP contribution in [0.1, 0.15) is 24.5 Å². The van der Waals surface area contributed by atoms with Gasteiger partial charge in [0.15, 0.2) is 0 Å². The van der Waals surface area contributed by atoms with Crippen molar-refractivity contribution in [2.24, 2.45) is 0 Å². The average molecular weight is 250 g/mol. The Morgan fingerprint density at radius 2 is 2.33 bits per heavy atom. The van der Waals surface area contributed by atoms with Crippen LogP contribution < -0.4 is 5.32 Å². The monoisotopic (exact) mass is 250 g/mol. The summed E-state index contributed by atoms with van der Waals surface area (Å²) in [4.78, 5) is 11.0. The molecule has 0 aliphatic carbocycles. The summed E-state index contributed by atoms with van der Waals surface area (Å²) in [5, 5.41) is 11.6. The molecule has 0 radical (unpaired) electrons. The number of nitriles is 1. The number of carbonyl (C=O) groups excluding carboxylic acids is 1. The Morgan fingerprint density at radius 3 is 3.00 bits per heavy atom. The van der Waals surface area contributed by atoms with Crippen LogP contribution in [-0.4, -0.2) is 19.1 Å². The Balaban J connectivity index is 2.41. The predicted octanol–water partition coefficient (Wildman–Crippen LogP) is 1.74. The zero-order valence-corrected chi connectivity index (χ0v) is 10.2. The van der Waals surface area contributed by atoms with Crippen LogP contribution in [0.3, 0.4) is 0 Å². The number of rotatable bonds is 6. The fourth-order valence-corrected chi connectivity index (χ4v) is 1.45. The van der Waals surface area contributed by atoms with Gasteiger partial charge in [0.1, 0.15) is 11.9 Å². The maximum Gasteiger partial charge on any atom is 0.307 e. The SMILES string of the molecule is CCOC(=O)CCNCc1cccc(C#N)c1F. The van der Waals surface area contributed by atoms with Gasteiger partial charge in [-0.15, -0.1) is 0 Å². The number of ether oxygens (including phenoxy) is 1. The van der Waals surface area contributed by atoms with Gasteiger partial charge in [-0.1, -0.05) is 12.1 Å². The van der Waals surface area contributed by atoms with Gasteiger partial charge in [0, 0.05) is 18.7 Å². The van der Waals surface area contributed by atoms with E-state index in [1.165, 1.54) is 6.07 Å². The minimum Gasteiger partial charge on any atom is -0.466 e. The number of nitrogens with zero attached hydrogens (tertiary/aromatic N) is 1. The molecule has 0 atom stereocenters. The number of hydrogen-bond acceptors (Lipinski definition) is 4. The first kappa shape index (κ1) is 14.1. The van der Waals surface area contributed by atoms with Gasteiger partial charge in [0.05, 0.1) is 18.6 Å². The largest absolute Gasteiger partial charge is 0.466 e. The first-order chi connectivity index (χ1) is 8.69. The number of hydrogen-bond donors (Lipinski definition) is 1. The Labute approximate surface area is 105 Å². The molecule has 0 amide bonds. The van der Waals surface area contributed by atoms with Crippen molar-refractivity contribution >= 4 is 5.97 Å². The van der Waals surface area contributed by atoms with Gasteiger partial charge in [0.25, 0.3) is 0 Å². The number of nitrogens with one attached hydrogen (secondary N) is 1. The van der Waals surface area contributed by atoms with Crippen molar-refractivity contribution in [2.75, 3.05) is 13.2 Å². The van der Waals surface area contributed by atoms with E-state index in [4.69, 9.17) is 10.00 Å². The molecule has 1 N–H and O–H groups in total. The van der Waals surface area contributed by atoms with E-state index in [0.717, 1.165) is 0 Å². The minimum atomic E-state index is -0.511. The smallest absolute Gasteiger partial charge is 0.307 e. The van der Waals surface area contributed by atoms with Crippen molar-refractivity contribution in [1.82, 2.24) is 5.32 Å². The molecule has 0 saturated carbocycles. The molecular formula is C13H15FN2O2. The molecule has 1 rings (SSSR count). The maximum absolute atomic E-state index is 13.6. The highest BCUT2D eigenvalue weighted by Gasteiger charge is 2.07. The Bertz CT molecular complexity index is 455. The Kier molecular flexibility index (Phi) is 5.81. The third kappa shape index (κ3) is 4.15. The van der Waals surface area contributed by atoms with E-state index in [2.05, 4.69) is 5.32 Å². The highest BCUT2D eigenvalue weighted by Crippen LogP contribution is 2.11. The van der Waals surface area contributed by atoms with Gasteiger partial charge in [0.2, 0.25) is 0 Å². The lowest BCUT2D eigenvalue weighted by molar-refractivity contribution is -0.142. The number of halogens is 1. The normalized spacial score (nSPS) is 9.83. The van der Waals surface area contributed by atoms with E-state index in [1.54, 1.807) is 25.1 Å². The van der Waals surface area contributed by atoms with Crippen molar-refractivity contribution in [1.29, 1.82) is 5.26 Å². The van der Waals surface area contributed by atoms with Gasteiger partial charge in [-0.25, -0.2) is 4.39 Å². The lowest BCUT2D eigenvalue weighted by Gasteiger charge is -2.06. The third-order valence-corrected chi connectivity index (χ3v) is 2.33. The molecule has 1 aromatic rings. The molecule has 0 bridgehead atoms. The topological polar surface area (TPSA) is 62.1 Å².